The summed E-state index contributed by atoms with van der Waals surface area (Å²) in [6.07, 6.45) is 3.67. The molecule has 1 aromatic carbocycles. The van der Waals surface area contributed by atoms with Gasteiger partial charge in [0.2, 0.25) is 5.91 Å². The van der Waals surface area contributed by atoms with Gasteiger partial charge in [-0.05, 0) is 24.9 Å². The summed E-state index contributed by atoms with van der Waals surface area (Å²) in [4.78, 5) is 14.3. The van der Waals surface area contributed by atoms with Crippen LogP contribution in [0.3, 0.4) is 0 Å². The second-order valence-corrected chi connectivity index (χ2v) is 5.00. The highest BCUT2D eigenvalue weighted by atomic mass is 35.5. The molecule has 4 heteroatoms. The van der Waals surface area contributed by atoms with Gasteiger partial charge in [-0.25, -0.2) is 0 Å². The van der Waals surface area contributed by atoms with E-state index in [9.17, 15) is 4.79 Å². The number of nitrogens with zero attached hydrogens (tertiary/aromatic N) is 1. The molecule has 1 amide bonds. The lowest BCUT2D eigenvalue weighted by molar-refractivity contribution is -0.134. The molecule has 2 rings (SSSR count). The third kappa shape index (κ3) is 4.66. The second kappa shape index (κ2) is 8.77. The number of benzene rings is 1. The molecule has 1 N–H and O–H groups in total. The molecule has 0 radical (unpaired) electrons. The maximum Gasteiger partial charge on any atom is 0.227 e. The smallest absolute Gasteiger partial charge is 0.227 e. The lowest BCUT2D eigenvalue weighted by atomic mass is 10.1. The Labute approximate surface area is 127 Å². The maximum atomic E-state index is 12.4. The average Bonchev–Trinajstić information content (AvgIpc) is 2.98. The maximum absolute atomic E-state index is 12.4. The molecule has 1 aliphatic rings. The van der Waals surface area contributed by atoms with Crippen LogP contribution in [0.5, 0.6) is 0 Å². The fourth-order valence-corrected chi connectivity index (χ4v) is 2.48. The molecule has 1 unspecified atom stereocenters. The highest BCUT2D eigenvalue weighted by Crippen LogP contribution is 2.12. The van der Waals surface area contributed by atoms with Crippen molar-refractivity contribution >= 4 is 18.3 Å². The van der Waals surface area contributed by atoms with E-state index >= 15 is 0 Å². The largest absolute Gasteiger partial charge is 0.338 e. The van der Waals surface area contributed by atoms with E-state index in [0.717, 1.165) is 32.5 Å². The first kappa shape index (κ1) is 16.7. The summed E-state index contributed by atoms with van der Waals surface area (Å²) < 4.78 is 0. The lowest BCUT2D eigenvalue weighted by Gasteiger charge is -2.24. The first-order chi connectivity index (χ1) is 9.31. The van der Waals surface area contributed by atoms with Crippen molar-refractivity contribution in [3.63, 3.8) is 0 Å². The van der Waals surface area contributed by atoms with Crippen LogP contribution in [0.15, 0.2) is 43.0 Å². The normalized spacial score (nSPS) is 17.3. The van der Waals surface area contributed by atoms with Crippen LogP contribution in [0.4, 0.5) is 0 Å². The fraction of sp³-hybridized carbons (Fsp3) is 0.438. The average molecular weight is 295 g/mol. The van der Waals surface area contributed by atoms with Crippen LogP contribution >= 0.6 is 12.4 Å². The van der Waals surface area contributed by atoms with E-state index in [1.165, 1.54) is 5.56 Å². The Morgan fingerprint density at radius 2 is 2.15 bits per heavy atom. The summed E-state index contributed by atoms with van der Waals surface area (Å²) >= 11 is 0. The molecule has 0 saturated carbocycles. The Morgan fingerprint density at radius 3 is 2.75 bits per heavy atom. The van der Waals surface area contributed by atoms with Crippen molar-refractivity contribution in [2.75, 3.05) is 26.2 Å². The van der Waals surface area contributed by atoms with Crippen LogP contribution in [-0.4, -0.2) is 37.0 Å². The van der Waals surface area contributed by atoms with Crippen molar-refractivity contribution in [2.24, 2.45) is 5.92 Å². The zero-order valence-corrected chi connectivity index (χ0v) is 12.6. The topological polar surface area (TPSA) is 32.3 Å². The third-order valence-electron chi connectivity index (χ3n) is 3.58. The van der Waals surface area contributed by atoms with Crippen LogP contribution in [0.25, 0.3) is 0 Å². The highest BCUT2D eigenvalue weighted by molar-refractivity contribution is 5.85. The van der Waals surface area contributed by atoms with E-state index in [1.807, 2.05) is 29.2 Å². The predicted octanol–water partition coefficient (Wildman–Crippen LogP) is 2.27. The van der Waals surface area contributed by atoms with E-state index < -0.39 is 0 Å². The van der Waals surface area contributed by atoms with Crippen LogP contribution in [-0.2, 0) is 11.2 Å². The molecule has 3 nitrogen and oxygen atoms in total. The quantitative estimate of drug-likeness (QED) is 0.817. The van der Waals surface area contributed by atoms with Gasteiger partial charge in [-0.15, -0.1) is 19.0 Å². The van der Waals surface area contributed by atoms with Gasteiger partial charge in [0.1, 0.15) is 0 Å². The van der Waals surface area contributed by atoms with Crippen molar-refractivity contribution in [1.82, 2.24) is 10.2 Å². The van der Waals surface area contributed by atoms with E-state index in [1.54, 1.807) is 0 Å². The molecule has 1 saturated heterocycles. The summed E-state index contributed by atoms with van der Waals surface area (Å²) in [6.45, 7) is 6.94. The number of halogens is 1. The van der Waals surface area contributed by atoms with E-state index in [4.69, 9.17) is 0 Å². The first-order valence-corrected chi connectivity index (χ1v) is 6.95. The summed E-state index contributed by atoms with van der Waals surface area (Å²) in [7, 11) is 0. The monoisotopic (exact) mass is 294 g/mol. The molecular weight excluding hydrogens is 272 g/mol. The zero-order chi connectivity index (χ0) is 13.5. The molecular formula is C16H23ClN2O. The first-order valence-electron chi connectivity index (χ1n) is 6.95. The minimum atomic E-state index is 0. The lowest BCUT2D eigenvalue weighted by Crippen LogP contribution is -2.38. The minimum Gasteiger partial charge on any atom is -0.338 e. The molecule has 0 aromatic heterocycles. The van der Waals surface area contributed by atoms with Crippen molar-refractivity contribution in [1.29, 1.82) is 0 Å². The molecule has 1 aromatic rings. The van der Waals surface area contributed by atoms with Gasteiger partial charge in [0.15, 0.2) is 0 Å². The number of rotatable bonds is 6. The Balaban J connectivity index is 0.00000200. The SMILES string of the molecule is C=CCN(CCc1ccccc1)C(=O)C1CCNC1.Cl. The van der Waals surface area contributed by atoms with E-state index in [-0.39, 0.29) is 24.2 Å². The van der Waals surface area contributed by atoms with Gasteiger partial charge in [0.25, 0.3) is 0 Å². The second-order valence-electron chi connectivity index (χ2n) is 5.00. The molecule has 1 aliphatic heterocycles. The van der Waals surface area contributed by atoms with Gasteiger partial charge >= 0.3 is 0 Å². The molecule has 20 heavy (non-hydrogen) atoms. The highest BCUT2D eigenvalue weighted by Gasteiger charge is 2.26. The predicted molar refractivity (Wildman–Crippen MR) is 85.1 cm³/mol. The molecule has 1 heterocycles. The van der Waals surface area contributed by atoms with Gasteiger partial charge in [-0.1, -0.05) is 36.4 Å². The molecule has 110 valence electrons. The third-order valence-corrected chi connectivity index (χ3v) is 3.58. The molecule has 1 fully saturated rings. The van der Waals surface area contributed by atoms with Gasteiger partial charge in [0.05, 0.1) is 5.92 Å². The van der Waals surface area contributed by atoms with E-state index in [2.05, 4.69) is 24.0 Å². The Kier molecular flexibility index (Phi) is 7.34. The number of hydrogen-bond donors (Lipinski definition) is 1. The summed E-state index contributed by atoms with van der Waals surface area (Å²) in [5.41, 5.74) is 1.27. The van der Waals surface area contributed by atoms with Crippen molar-refractivity contribution in [3.8, 4) is 0 Å². The van der Waals surface area contributed by atoms with Crippen molar-refractivity contribution < 1.29 is 4.79 Å². The molecule has 0 spiro atoms. The summed E-state index contributed by atoms with van der Waals surface area (Å²) in [5, 5.41) is 3.25. The minimum absolute atomic E-state index is 0. The number of carbonyl (C=O) groups excluding carboxylic acids is 1. The molecule has 1 atom stereocenters. The van der Waals surface area contributed by atoms with Gasteiger partial charge in [-0.3, -0.25) is 4.79 Å². The van der Waals surface area contributed by atoms with Crippen LogP contribution < -0.4 is 5.32 Å². The zero-order valence-electron chi connectivity index (χ0n) is 11.8. The van der Waals surface area contributed by atoms with Crippen LogP contribution in [0.1, 0.15) is 12.0 Å². The number of hydrogen-bond acceptors (Lipinski definition) is 2. The van der Waals surface area contributed by atoms with Gasteiger partial charge < -0.3 is 10.2 Å². The summed E-state index contributed by atoms with van der Waals surface area (Å²) in [5.74, 6) is 0.413. The van der Waals surface area contributed by atoms with Gasteiger partial charge in [-0.2, -0.15) is 0 Å². The Morgan fingerprint density at radius 1 is 1.40 bits per heavy atom. The summed E-state index contributed by atoms with van der Waals surface area (Å²) in [6, 6.07) is 10.3. The number of nitrogens with one attached hydrogen (secondary N) is 1. The van der Waals surface area contributed by atoms with Crippen LogP contribution in [0.2, 0.25) is 0 Å². The van der Waals surface area contributed by atoms with Crippen LogP contribution in [0, 0.1) is 5.92 Å². The number of amides is 1. The van der Waals surface area contributed by atoms with Gasteiger partial charge in [0, 0.05) is 19.6 Å². The Bertz CT molecular complexity index is 416. The fourth-order valence-electron chi connectivity index (χ4n) is 2.48. The molecule has 0 aliphatic carbocycles. The Hall–Kier alpha value is -1.32. The van der Waals surface area contributed by atoms with Crippen molar-refractivity contribution in [2.45, 2.75) is 12.8 Å². The molecule has 0 bridgehead atoms. The van der Waals surface area contributed by atoms with E-state index in [0.29, 0.717) is 6.54 Å². The number of carbonyl (C=O) groups is 1. The van der Waals surface area contributed by atoms with Crippen molar-refractivity contribution in [3.05, 3.63) is 48.6 Å². The standard InChI is InChI=1S/C16H22N2O.ClH/c1-2-11-18(16(19)15-8-10-17-13-15)12-9-14-6-4-3-5-7-14;/h2-7,15,17H,1,8-13H2;1H.